The fourth-order valence-corrected chi connectivity index (χ4v) is 5.17. The summed E-state index contributed by atoms with van der Waals surface area (Å²) in [6.45, 7) is 2.37. The Morgan fingerprint density at radius 3 is 1.88 bits per heavy atom. The summed E-state index contributed by atoms with van der Waals surface area (Å²) in [6, 6.07) is 31.1. The van der Waals surface area contributed by atoms with Crippen molar-refractivity contribution in [1.29, 1.82) is 0 Å². The normalized spacial score (nSPS) is 15.5. The molecule has 1 aliphatic rings. The van der Waals surface area contributed by atoms with Crippen molar-refractivity contribution in [2.75, 3.05) is 13.1 Å². The maximum Gasteiger partial charge on any atom is 0.234 e. The number of piperidine rings is 1. The number of hydrogen-bond acceptors (Lipinski definition) is 2. The molecule has 0 aliphatic carbocycles. The molecule has 3 aromatic carbocycles. The van der Waals surface area contributed by atoms with Gasteiger partial charge in [0, 0.05) is 37.4 Å². The molecule has 166 valence electrons. The average molecular weight is 436 g/mol. The summed E-state index contributed by atoms with van der Waals surface area (Å²) < 4.78 is 2.17. The molecule has 4 nitrogen and oxygen atoms in total. The van der Waals surface area contributed by atoms with E-state index in [1.165, 1.54) is 5.56 Å². The summed E-state index contributed by atoms with van der Waals surface area (Å²) in [4.78, 5) is 20.2. The average Bonchev–Trinajstić information content (AvgIpc) is 3.39. The van der Waals surface area contributed by atoms with Crippen LogP contribution in [0.25, 0.3) is 0 Å². The molecular weight excluding hydrogens is 406 g/mol. The molecule has 4 aromatic rings. The maximum absolute atomic E-state index is 13.9. The molecular formula is C29H29N3O. The van der Waals surface area contributed by atoms with Crippen LogP contribution in [0.3, 0.4) is 0 Å². The van der Waals surface area contributed by atoms with Gasteiger partial charge in [0.15, 0.2) is 0 Å². The smallest absolute Gasteiger partial charge is 0.234 e. The van der Waals surface area contributed by atoms with Gasteiger partial charge < -0.3 is 9.47 Å². The molecule has 33 heavy (non-hydrogen) atoms. The fourth-order valence-electron chi connectivity index (χ4n) is 5.17. The minimum Gasteiger partial charge on any atom is -0.342 e. The maximum atomic E-state index is 13.9. The lowest BCUT2D eigenvalue weighted by molar-refractivity contribution is -0.133. The zero-order valence-corrected chi connectivity index (χ0v) is 18.8. The fraction of sp³-hybridized carbons (Fsp3) is 0.241. The first-order chi connectivity index (χ1) is 16.3. The minimum atomic E-state index is -0.273. The first kappa shape index (κ1) is 21.2. The standard InChI is InChI=1S/C29H29N3O/c33-28(27(24-10-4-1-5-11-24)25-12-6-2-7-13-25)32-19-16-29(17-20-32,22-31-21-18-30-23-31)26-14-8-3-9-15-26/h1-15,18,21,23,27H,16-17,19-20,22H2. The molecule has 0 spiro atoms. The second kappa shape index (κ2) is 9.45. The first-order valence-electron chi connectivity index (χ1n) is 11.7. The van der Waals surface area contributed by atoms with Crippen LogP contribution in [0.1, 0.15) is 35.4 Å². The van der Waals surface area contributed by atoms with E-state index in [2.05, 4.69) is 69.0 Å². The number of carbonyl (C=O) groups is 1. The molecule has 2 heterocycles. The van der Waals surface area contributed by atoms with Crippen LogP contribution in [-0.2, 0) is 16.8 Å². The number of benzene rings is 3. The topological polar surface area (TPSA) is 38.1 Å². The van der Waals surface area contributed by atoms with Gasteiger partial charge in [-0.05, 0) is 29.5 Å². The van der Waals surface area contributed by atoms with Crippen LogP contribution in [0.15, 0.2) is 110 Å². The molecule has 1 amide bonds. The van der Waals surface area contributed by atoms with E-state index < -0.39 is 0 Å². The van der Waals surface area contributed by atoms with E-state index in [1.807, 2.05) is 55.1 Å². The molecule has 0 N–H and O–H groups in total. The van der Waals surface area contributed by atoms with Crippen molar-refractivity contribution in [3.8, 4) is 0 Å². The van der Waals surface area contributed by atoms with Gasteiger partial charge in [0.25, 0.3) is 0 Å². The highest BCUT2D eigenvalue weighted by atomic mass is 16.2. The number of rotatable bonds is 6. The van der Waals surface area contributed by atoms with Crippen LogP contribution >= 0.6 is 0 Å². The number of carbonyl (C=O) groups excluding carboxylic acids is 1. The van der Waals surface area contributed by atoms with Crippen molar-refractivity contribution in [3.05, 3.63) is 126 Å². The molecule has 0 atom stereocenters. The number of nitrogens with zero attached hydrogens (tertiary/aromatic N) is 3. The Morgan fingerprint density at radius 1 is 0.818 bits per heavy atom. The van der Waals surface area contributed by atoms with Crippen molar-refractivity contribution >= 4 is 5.91 Å². The van der Waals surface area contributed by atoms with E-state index in [1.54, 1.807) is 0 Å². The summed E-state index contributed by atoms with van der Waals surface area (Å²) >= 11 is 0. The van der Waals surface area contributed by atoms with Gasteiger partial charge in [0.2, 0.25) is 5.91 Å². The van der Waals surface area contributed by atoms with Gasteiger partial charge in [0.05, 0.1) is 12.2 Å². The van der Waals surface area contributed by atoms with Crippen LogP contribution in [0.4, 0.5) is 0 Å². The van der Waals surface area contributed by atoms with Gasteiger partial charge in [-0.2, -0.15) is 0 Å². The summed E-state index contributed by atoms with van der Waals surface area (Å²) in [5.74, 6) is -0.0815. The Bertz CT molecular complexity index is 1110. The van der Waals surface area contributed by atoms with Gasteiger partial charge in [-0.15, -0.1) is 0 Å². The largest absolute Gasteiger partial charge is 0.342 e. The lowest BCUT2D eigenvalue weighted by Gasteiger charge is -2.43. The highest BCUT2D eigenvalue weighted by Crippen LogP contribution is 2.38. The van der Waals surface area contributed by atoms with Gasteiger partial charge in [0.1, 0.15) is 0 Å². The first-order valence-corrected chi connectivity index (χ1v) is 11.7. The third-order valence-electron chi connectivity index (χ3n) is 6.98. The molecule has 1 aliphatic heterocycles. The number of aromatic nitrogens is 2. The lowest BCUT2D eigenvalue weighted by Crippen LogP contribution is -2.48. The van der Waals surface area contributed by atoms with E-state index in [0.29, 0.717) is 0 Å². The molecule has 0 bridgehead atoms. The summed E-state index contributed by atoms with van der Waals surface area (Å²) in [5.41, 5.74) is 3.43. The van der Waals surface area contributed by atoms with E-state index in [-0.39, 0.29) is 17.2 Å². The highest BCUT2D eigenvalue weighted by molar-refractivity contribution is 5.87. The van der Waals surface area contributed by atoms with E-state index in [4.69, 9.17) is 0 Å². The predicted octanol–water partition coefficient (Wildman–Crippen LogP) is 5.28. The molecule has 1 aromatic heterocycles. The third kappa shape index (κ3) is 4.47. The van der Waals surface area contributed by atoms with Crippen molar-refractivity contribution in [2.45, 2.75) is 30.7 Å². The molecule has 1 fully saturated rings. The van der Waals surface area contributed by atoms with Crippen LogP contribution < -0.4 is 0 Å². The second-order valence-corrected chi connectivity index (χ2v) is 8.96. The molecule has 0 saturated carbocycles. The Hall–Kier alpha value is -3.66. The predicted molar refractivity (Wildman–Crippen MR) is 131 cm³/mol. The molecule has 0 radical (unpaired) electrons. The Kier molecular flexibility index (Phi) is 6.07. The van der Waals surface area contributed by atoms with Gasteiger partial charge in [-0.3, -0.25) is 4.79 Å². The van der Waals surface area contributed by atoms with E-state index in [9.17, 15) is 4.79 Å². The van der Waals surface area contributed by atoms with E-state index in [0.717, 1.165) is 43.6 Å². The third-order valence-corrected chi connectivity index (χ3v) is 6.98. The summed E-state index contributed by atoms with van der Waals surface area (Å²) in [7, 11) is 0. The number of likely N-dealkylation sites (tertiary alicyclic amines) is 1. The minimum absolute atomic E-state index is 0.00622. The Balaban J connectivity index is 1.41. The number of imidazole rings is 1. The van der Waals surface area contributed by atoms with E-state index >= 15 is 0 Å². The van der Waals surface area contributed by atoms with Crippen LogP contribution in [-0.4, -0.2) is 33.4 Å². The second-order valence-electron chi connectivity index (χ2n) is 8.96. The lowest BCUT2D eigenvalue weighted by atomic mass is 9.72. The molecule has 4 heteroatoms. The van der Waals surface area contributed by atoms with Crippen LogP contribution in [0.5, 0.6) is 0 Å². The molecule has 5 rings (SSSR count). The molecule has 0 unspecified atom stereocenters. The Labute approximate surface area is 195 Å². The number of hydrogen-bond donors (Lipinski definition) is 0. The van der Waals surface area contributed by atoms with Gasteiger partial charge >= 0.3 is 0 Å². The monoisotopic (exact) mass is 435 g/mol. The van der Waals surface area contributed by atoms with Crippen LogP contribution in [0, 0.1) is 0 Å². The van der Waals surface area contributed by atoms with Crippen molar-refractivity contribution in [2.24, 2.45) is 0 Å². The SMILES string of the molecule is O=C(C(c1ccccc1)c1ccccc1)N1CCC(Cn2ccnc2)(c2ccccc2)CC1. The Morgan fingerprint density at radius 2 is 1.36 bits per heavy atom. The highest BCUT2D eigenvalue weighted by Gasteiger charge is 2.39. The molecule has 1 saturated heterocycles. The quantitative estimate of drug-likeness (QED) is 0.413. The van der Waals surface area contributed by atoms with Crippen LogP contribution in [0.2, 0.25) is 0 Å². The number of amides is 1. The van der Waals surface area contributed by atoms with Gasteiger partial charge in [-0.1, -0.05) is 91.0 Å². The zero-order valence-electron chi connectivity index (χ0n) is 18.8. The van der Waals surface area contributed by atoms with Crippen molar-refractivity contribution in [1.82, 2.24) is 14.5 Å². The zero-order chi connectivity index (χ0) is 22.5. The summed E-state index contributed by atoms with van der Waals surface area (Å²) in [6.07, 6.45) is 7.61. The van der Waals surface area contributed by atoms with Gasteiger partial charge in [-0.25, -0.2) is 4.98 Å². The summed E-state index contributed by atoms with van der Waals surface area (Å²) in [5, 5.41) is 0. The van der Waals surface area contributed by atoms with Crippen molar-refractivity contribution < 1.29 is 4.79 Å². The van der Waals surface area contributed by atoms with Crippen molar-refractivity contribution in [3.63, 3.8) is 0 Å².